The number of rotatable bonds is 6. The molecule has 20 heavy (non-hydrogen) atoms. The first-order valence-corrected chi connectivity index (χ1v) is 7.37. The van der Waals surface area contributed by atoms with Crippen molar-refractivity contribution in [2.75, 3.05) is 26.8 Å². The molecule has 1 fully saturated rings. The van der Waals surface area contributed by atoms with Gasteiger partial charge in [-0.15, -0.1) is 0 Å². The van der Waals surface area contributed by atoms with Crippen LogP contribution in [0.4, 0.5) is 0 Å². The molecule has 1 aliphatic rings. The monoisotopic (exact) mass is 279 g/mol. The number of hydrogen-bond donors (Lipinski definition) is 1. The van der Waals surface area contributed by atoms with E-state index in [-0.39, 0.29) is 6.61 Å². The molecule has 1 N–H and O–H groups in total. The Bertz CT molecular complexity index is 414. The van der Waals surface area contributed by atoms with Gasteiger partial charge in [0.15, 0.2) is 0 Å². The normalized spacial score (nSPS) is 17.4. The van der Waals surface area contributed by atoms with E-state index in [0.29, 0.717) is 6.10 Å². The Balaban J connectivity index is 1.96. The van der Waals surface area contributed by atoms with Crippen LogP contribution < -0.4 is 4.74 Å². The second-order valence-corrected chi connectivity index (χ2v) is 5.24. The Morgan fingerprint density at radius 1 is 1.30 bits per heavy atom. The van der Waals surface area contributed by atoms with Crippen molar-refractivity contribution in [1.29, 1.82) is 0 Å². The summed E-state index contributed by atoms with van der Waals surface area (Å²) in [6.45, 7) is 5.91. The van der Waals surface area contributed by atoms with Crippen LogP contribution in [-0.2, 0) is 17.9 Å². The molecule has 1 aromatic rings. The lowest BCUT2D eigenvalue weighted by Crippen LogP contribution is -2.36. The molecule has 112 valence electrons. The van der Waals surface area contributed by atoms with Crippen LogP contribution in [-0.4, -0.2) is 42.9 Å². The maximum atomic E-state index is 9.25. The van der Waals surface area contributed by atoms with Gasteiger partial charge >= 0.3 is 0 Å². The lowest BCUT2D eigenvalue weighted by molar-refractivity contribution is 0.0124. The molecule has 0 radical (unpaired) electrons. The smallest absolute Gasteiger partial charge is 0.123 e. The Hall–Kier alpha value is -1.10. The van der Waals surface area contributed by atoms with Crippen molar-refractivity contribution in [2.24, 2.45) is 0 Å². The fourth-order valence-corrected chi connectivity index (χ4v) is 2.76. The third kappa shape index (κ3) is 3.95. The average Bonchev–Trinajstić information content (AvgIpc) is 2.49. The summed E-state index contributed by atoms with van der Waals surface area (Å²) in [5, 5.41) is 9.25. The van der Waals surface area contributed by atoms with Gasteiger partial charge in [-0.3, -0.25) is 4.90 Å². The van der Waals surface area contributed by atoms with Crippen molar-refractivity contribution < 1.29 is 14.6 Å². The molecule has 1 aliphatic heterocycles. The fourth-order valence-electron chi connectivity index (χ4n) is 2.76. The molecule has 0 aromatic heterocycles. The number of piperidine rings is 1. The summed E-state index contributed by atoms with van der Waals surface area (Å²) in [4.78, 5) is 2.43. The second kappa shape index (κ2) is 7.62. The van der Waals surface area contributed by atoms with Crippen molar-refractivity contribution in [3.63, 3.8) is 0 Å². The SMILES string of the molecule is CCOC1CCN(Cc2cc(CO)ccc2OC)CC1. The van der Waals surface area contributed by atoms with Gasteiger partial charge in [0, 0.05) is 31.8 Å². The highest BCUT2D eigenvalue weighted by atomic mass is 16.5. The molecular formula is C16H25NO3. The molecule has 1 heterocycles. The number of aliphatic hydroxyl groups is 1. The highest BCUT2D eigenvalue weighted by Crippen LogP contribution is 2.24. The second-order valence-electron chi connectivity index (χ2n) is 5.24. The van der Waals surface area contributed by atoms with Gasteiger partial charge in [-0.25, -0.2) is 0 Å². The van der Waals surface area contributed by atoms with Gasteiger partial charge in [0.1, 0.15) is 5.75 Å². The van der Waals surface area contributed by atoms with E-state index in [9.17, 15) is 5.11 Å². The summed E-state index contributed by atoms with van der Waals surface area (Å²) in [6.07, 6.45) is 2.60. The van der Waals surface area contributed by atoms with Crippen LogP contribution in [0.2, 0.25) is 0 Å². The molecule has 0 saturated carbocycles. The number of aliphatic hydroxyl groups excluding tert-OH is 1. The van der Waals surface area contributed by atoms with Crippen molar-refractivity contribution in [1.82, 2.24) is 4.90 Å². The van der Waals surface area contributed by atoms with Crippen LogP contribution in [0, 0.1) is 0 Å². The minimum atomic E-state index is 0.0728. The molecule has 0 bridgehead atoms. The third-order valence-electron chi connectivity index (χ3n) is 3.86. The first-order chi connectivity index (χ1) is 9.76. The largest absolute Gasteiger partial charge is 0.496 e. The summed E-state index contributed by atoms with van der Waals surface area (Å²) in [6, 6.07) is 5.88. The standard InChI is InChI=1S/C16H25NO3/c1-3-20-15-6-8-17(9-7-15)11-14-10-13(12-18)4-5-16(14)19-2/h4-5,10,15,18H,3,6-9,11-12H2,1-2H3. The summed E-state index contributed by atoms with van der Waals surface area (Å²) in [7, 11) is 1.69. The van der Waals surface area contributed by atoms with E-state index in [1.165, 1.54) is 0 Å². The lowest BCUT2D eigenvalue weighted by atomic mass is 10.1. The van der Waals surface area contributed by atoms with E-state index in [2.05, 4.69) is 11.8 Å². The van der Waals surface area contributed by atoms with Crippen molar-refractivity contribution in [2.45, 2.75) is 39.0 Å². The Morgan fingerprint density at radius 3 is 2.65 bits per heavy atom. The van der Waals surface area contributed by atoms with Crippen molar-refractivity contribution in [3.8, 4) is 5.75 Å². The maximum Gasteiger partial charge on any atom is 0.123 e. The number of likely N-dealkylation sites (tertiary alicyclic amines) is 1. The molecular weight excluding hydrogens is 254 g/mol. The Morgan fingerprint density at radius 2 is 2.05 bits per heavy atom. The molecule has 0 spiro atoms. The molecule has 1 aromatic carbocycles. The molecule has 0 unspecified atom stereocenters. The van der Waals surface area contributed by atoms with E-state index in [1.54, 1.807) is 7.11 Å². The summed E-state index contributed by atoms with van der Waals surface area (Å²) >= 11 is 0. The molecule has 1 saturated heterocycles. The van der Waals surface area contributed by atoms with Gasteiger partial charge in [0.05, 0.1) is 19.8 Å². The van der Waals surface area contributed by atoms with E-state index in [1.807, 2.05) is 18.2 Å². The summed E-state index contributed by atoms with van der Waals surface area (Å²) in [5.74, 6) is 0.897. The summed E-state index contributed by atoms with van der Waals surface area (Å²) < 4.78 is 11.1. The van der Waals surface area contributed by atoms with Crippen molar-refractivity contribution >= 4 is 0 Å². The fraction of sp³-hybridized carbons (Fsp3) is 0.625. The van der Waals surface area contributed by atoms with Crippen LogP contribution in [0.3, 0.4) is 0 Å². The average molecular weight is 279 g/mol. The van der Waals surface area contributed by atoms with Gasteiger partial charge in [0.2, 0.25) is 0 Å². The first-order valence-electron chi connectivity index (χ1n) is 7.37. The third-order valence-corrected chi connectivity index (χ3v) is 3.86. The van der Waals surface area contributed by atoms with Gasteiger partial charge < -0.3 is 14.6 Å². The predicted molar refractivity (Wildman–Crippen MR) is 78.8 cm³/mol. The van der Waals surface area contributed by atoms with Crippen LogP contribution >= 0.6 is 0 Å². The molecule has 2 rings (SSSR count). The van der Waals surface area contributed by atoms with E-state index in [4.69, 9.17) is 9.47 Å². The lowest BCUT2D eigenvalue weighted by Gasteiger charge is -2.32. The molecule has 4 nitrogen and oxygen atoms in total. The predicted octanol–water partition coefficient (Wildman–Crippen LogP) is 2.19. The quantitative estimate of drug-likeness (QED) is 0.867. The molecule has 0 aliphatic carbocycles. The topological polar surface area (TPSA) is 41.9 Å². The van der Waals surface area contributed by atoms with Crippen LogP contribution in [0.1, 0.15) is 30.9 Å². The van der Waals surface area contributed by atoms with Gasteiger partial charge in [0.25, 0.3) is 0 Å². The molecule has 4 heteroatoms. The number of ether oxygens (including phenoxy) is 2. The highest BCUT2D eigenvalue weighted by molar-refractivity contribution is 5.37. The Labute approximate surface area is 121 Å². The van der Waals surface area contributed by atoms with E-state index >= 15 is 0 Å². The maximum absolute atomic E-state index is 9.25. The number of methoxy groups -OCH3 is 1. The van der Waals surface area contributed by atoms with E-state index < -0.39 is 0 Å². The van der Waals surface area contributed by atoms with Crippen LogP contribution in [0.5, 0.6) is 5.75 Å². The number of nitrogens with zero attached hydrogens (tertiary/aromatic N) is 1. The van der Waals surface area contributed by atoms with Crippen LogP contribution in [0.25, 0.3) is 0 Å². The zero-order valence-electron chi connectivity index (χ0n) is 12.5. The zero-order chi connectivity index (χ0) is 14.4. The van der Waals surface area contributed by atoms with Crippen LogP contribution in [0.15, 0.2) is 18.2 Å². The van der Waals surface area contributed by atoms with Gasteiger partial charge in [-0.1, -0.05) is 6.07 Å². The minimum Gasteiger partial charge on any atom is -0.496 e. The number of benzene rings is 1. The van der Waals surface area contributed by atoms with Gasteiger partial charge in [-0.05, 0) is 37.5 Å². The Kier molecular flexibility index (Phi) is 5.83. The van der Waals surface area contributed by atoms with Crippen molar-refractivity contribution in [3.05, 3.63) is 29.3 Å². The number of hydrogen-bond acceptors (Lipinski definition) is 4. The minimum absolute atomic E-state index is 0.0728. The zero-order valence-corrected chi connectivity index (χ0v) is 12.5. The molecule has 0 atom stereocenters. The first kappa shape index (κ1) is 15.3. The molecule has 0 amide bonds. The summed E-state index contributed by atoms with van der Waals surface area (Å²) in [5.41, 5.74) is 2.08. The van der Waals surface area contributed by atoms with E-state index in [0.717, 1.165) is 56.0 Å². The van der Waals surface area contributed by atoms with Gasteiger partial charge in [-0.2, -0.15) is 0 Å². The highest BCUT2D eigenvalue weighted by Gasteiger charge is 2.20.